The van der Waals surface area contributed by atoms with Gasteiger partial charge in [0.2, 0.25) is 6.79 Å². The number of halogens is 2. The van der Waals surface area contributed by atoms with Crippen LogP contribution in [-0.4, -0.2) is 24.3 Å². The molecule has 6 nitrogen and oxygen atoms in total. The monoisotopic (exact) mass is 396 g/mol. The van der Waals surface area contributed by atoms with Crippen LogP contribution in [0.25, 0.3) is 10.2 Å². The third kappa shape index (κ3) is 3.44. The van der Waals surface area contributed by atoms with Crippen LogP contribution in [0.2, 0.25) is 10.0 Å². The molecular weight excluding hydrogens is 387 g/mol. The molecule has 2 heterocycles. The van der Waals surface area contributed by atoms with Gasteiger partial charge in [0, 0.05) is 17.2 Å². The summed E-state index contributed by atoms with van der Waals surface area (Å²) >= 11 is 13.2. The molecule has 1 amide bonds. The Labute approximate surface area is 156 Å². The van der Waals surface area contributed by atoms with Gasteiger partial charge in [-0.3, -0.25) is 10.1 Å². The van der Waals surface area contributed by atoms with E-state index in [9.17, 15) is 4.79 Å². The number of amides is 1. The molecule has 0 aliphatic carbocycles. The van der Waals surface area contributed by atoms with Crippen LogP contribution >= 0.6 is 34.5 Å². The van der Waals surface area contributed by atoms with Crippen molar-refractivity contribution in [1.82, 2.24) is 4.98 Å². The number of nitrogens with zero attached hydrogens (tertiary/aromatic N) is 1. The third-order valence-electron chi connectivity index (χ3n) is 3.38. The van der Waals surface area contributed by atoms with Gasteiger partial charge in [0.25, 0.3) is 5.91 Å². The van der Waals surface area contributed by atoms with Crippen molar-refractivity contribution in [3.63, 3.8) is 0 Å². The first-order valence-corrected chi connectivity index (χ1v) is 8.73. The maximum atomic E-state index is 12.1. The van der Waals surface area contributed by atoms with E-state index >= 15 is 0 Å². The van der Waals surface area contributed by atoms with E-state index in [4.69, 9.17) is 37.4 Å². The zero-order valence-electron chi connectivity index (χ0n) is 12.5. The van der Waals surface area contributed by atoms with Gasteiger partial charge in [-0.05, 0) is 18.2 Å². The predicted octanol–water partition coefficient (Wildman–Crippen LogP) is 4.35. The van der Waals surface area contributed by atoms with E-state index in [1.165, 1.54) is 11.3 Å². The molecule has 1 aliphatic rings. The van der Waals surface area contributed by atoms with Crippen LogP contribution in [0.15, 0.2) is 30.3 Å². The van der Waals surface area contributed by atoms with Crippen molar-refractivity contribution in [3.05, 3.63) is 40.4 Å². The lowest BCUT2D eigenvalue weighted by atomic mass is 10.3. The number of carbonyl (C=O) groups excluding carboxylic acids is 1. The van der Waals surface area contributed by atoms with Crippen LogP contribution in [-0.2, 0) is 4.79 Å². The Hall–Kier alpha value is -2.22. The van der Waals surface area contributed by atoms with Gasteiger partial charge >= 0.3 is 0 Å². The molecule has 0 saturated heterocycles. The summed E-state index contributed by atoms with van der Waals surface area (Å²) in [5, 5.41) is 4.01. The molecule has 2 aromatic carbocycles. The first kappa shape index (κ1) is 16.3. The molecular formula is C16H10Cl2N2O4S. The zero-order valence-corrected chi connectivity index (χ0v) is 14.9. The molecule has 1 N–H and O–H groups in total. The highest BCUT2D eigenvalue weighted by atomic mass is 35.5. The molecule has 0 spiro atoms. The van der Waals surface area contributed by atoms with E-state index in [-0.39, 0.29) is 19.3 Å². The van der Waals surface area contributed by atoms with Crippen LogP contribution in [0.3, 0.4) is 0 Å². The van der Waals surface area contributed by atoms with Crippen LogP contribution in [0.1, 0.15) is 0 Å². The minimum absolute atomic E-state index is 0.194. The highest BCUT2D eigenvalue weighted by Crippen LogP contribution is 2.39. The molecule has 0 saturated carbocycles. The number of thiazole rings is 1. The minimum atomic E-state index is -0.342. The number of benzene rings is 2. The maximum absolute atomic E-state index is 12.1. The Morgan fingerprint density at radius 3 is 2.84 bits per heavy atom. The minimum Gasteiger partial charge on any atom is -0.482 e. The molecule has 9 heteroatoms. The molecule has 1 aliphatic heterocycles. The average molecular weight is 397 g/mol. The summed E-state index contributed by atoms with van der Waals surface area (Å²) in [5.74, 6) is 1.37. The van der Waals surface area contributed by atoms with Crippen molar-refractivity contribution < 1.29 is 19.0 Å². The van der Waals surface area contributed by atoms with Crippen molar-refractivity contribution in [3.8, 4) is 17.2 Å². The number of hydrogen-bond donors (Lipinski definition) is 1. The Kier molecular flexibility index (Phi) is 4.29. The maximum Gasteiger partial charge on any atom is 0.264 e. The van der Waals surface area contributed by atoms with E-state index in [1.807, 2.05) is 6.07 Å². The Bertz CT molecular complexity index is 935. The summed E-state index contributed by atoms with van der Waals surface area (Å²) in [7, 11) is 0. The fourth-order valence-corrected chi connectivity index (χ4v) is 3.62. The van der Waals surface area contributed by atoms with Gasteiger partial charge in [-0.25, -0.2) is 4.98 Å². The largest absolute Gasteiger partial charge is 0.482 e. The van der Waals surface area contributed by atoms with Crippen LogP contribution < -0.4 is 19.5 Å². The number of aromatic nitrogens is 1. The van der Waals surface area contributed by atoms with Gasteiger partial charge in [0.15, 0.2) is 23.2 Å². The van der Waals surface area contributed by atoms with Gasteiger partial charge in [-0.15, -0.1) is 0 Å². The van der Waals surface area contributed by atoms with Gasteiger partial charge in [0.1, 0.15) is 5.75 Å². The number of ether oxygens (including phenoxy) is 3. The van der Waals surface area contributed by atoms with E-state index in [0.29, 0.717) is 32.4 Å². The van der Waals surface area contributed by atoms with E-state index in [1.54, 1.807) is 24.3 Å². The van der Waals surface area contributed by atoms with E-state index in [0.717, 1.165) is 10.2 Å². The lowest BCUT2D eigenvalue weighted by Gasteiger charge is -2.07. The normalized spacial score (nSPS) is 12.4. The second kappa shape index (κ2) is 6.59. The van der Waals surface area contributed by atoms with Crippen molar-refractivity contribution in [1.29, 1.82) is 0 Å². The molecule has 0 bridgehead atoms. The van der Waals surface area contributed by atoms with Crippen LogP contribution in [0.4, 0.5) is 5.13 Å². The van der Waals surface area contributed by atoms with Gasteiger partial charge in [0.05, 0.1) is 15.2 Å². The molecule has 0 radical (unpaired) electrons. The first-order valence-electron chi connectivity index (χ1n) is 7.16. The lowest BCUT2D eigenvalue weighted by molar-refractivity contribution is -0.118. The molecule has 0 unspecified atom stereocenters. The standard InChI is InChI=1S/C16H10Cl2N2O4S/c17-8-1-2-11(9(18)3-8)22-6-15(21)20-16-19-10-4-12-13(24-7-23-12)5-14(10)25-16/h1-5H,6-7H2,(H,19,20,21). The van der Waals surface area contributed by atoms with E-state index < -0.39 is 0 Å². The van der Waals surface area contributed by atoms with Crippen LogP contribution in [0.5, 0.6) is 17.2 Å². The smallest absolute Gasteiger partial charge is 0.264 e. The van der Waals surface area contributed by atoms with Crippen molar-refractivity contribution >= 4 is 55.8 Å². The number of carbonyl (C=O) groups is 1. The molecule has 0 atom stereocenters. The number of nitrogens with one attached hydrogen (secondary N) is 1. The Morgan fingerprint density at radius 2 is 2.04 bits per heavy atom. The van der Waals surface area contributed by atoms with E-state index in [2.05, 4.69) is 10.3 Å². The van der Waals surface area contributed by atoms with Gasteiger partial charge in [-0.1, -0.05) is 34.5 Å². The molecule has 0 fully saturated rings. The summed E-state index contributed by atoms with van der Waals surface area (Å²) < 4.78 is 16.9. The third-order valence-corrected chi connectivity index (χ3v) is 4.85. The fraction of sp³-hybridized carbons (Fsp3) is 0.125. The molecule has 1 aromatic heterocycles. The molecule has 4 rings (SSSR count). The molecule has 25 heavy (non-hydrogen) atoms. The Balaban J connectivity index is 1.43. The fourth-order valence-electron chi connectivity index (χ4n) is 2.26. The second-order valence-electron chi connectivity index (χ2n) is 5.10. The number of rotatable bonds is 4. The number of hydrogen-bond acceptors (Lipinski definition) is 6. The SMILES string of the molecule is O=C(COc1ccc(Cl)cc1Cl)Nc1nc2cc3c(cc2s1)OCO3. The zero-order chi connectivity index (χ0) is 17.4. The van der Waals surface area contributed by atoms with Crippen molar-refractivity contribution in [2.45, 2.75) is 0 Å². The van der Waals surface area contributed by atoms with Gasteiger partial charge in [-0.2, -0.15) is 0 Å². The summed E-state index contributed by atoms with van der Waals surface area (Å²) in [4.78, 5) is 16.4. The molecule has 128 valence electrons. The van der Waals surface area contributed by atoms with Crippen molar-refractivity contribution in [2.75, 3.05) is 18.7 Å². The average Bonchev–Trinajstić information content (AvgIpc) is 3.16. The Morgan fingerprint density at radius 1 is 1.24 bits per heavy atom. The summed E-state index contributed by atoms with van der Waals surface area (Å²) in [6.07, 6.45) is 0. The van der Waals surface area contributed by atoms with Crippen LogP contribution in [0, 0.1) is 0 Å². The summed E-state index contributed by atoms with van der Waals surface area (Å²) in [6.45, 7) is 0.0147. The first-order chi connectivity index (χ1) is 12.1. The summed E-state index contributed by atoms with van der Waals surface area (Å²) in [6, 6.07) is 8.42. The van der Waals surface area contributed by atoms with Gasteiger partial charge < -0.3 is 14.2 Å². The highest BCUT2D eigenvalue weighted by Gasteiger charge is 2.17. The number of fused-ring (bicyclic) bond motifs is 2. The quantitative estimate of drug-likeness (QED) is 0.709. The second-order valence-corrected chi connectivity index (χ2v) is 6.98. The lowest BCUT2D eigenvalue weighted by Crippen LogP contribution is -2.20. The molecule has 3 aromatic rings. The predicted molar refractivity (Wildman–Crippen MR) is 96.3 cm³/mol. The highest BCUT2D eigenvalue weighted by molar-refractivity contribution is 7.22. The number of anilines is 1. The summed E-state index contributed by atoms with van der Waals surface area (Å²) in [5.41, 5.74) is 0.728. The topological polar surface area (TPSA) is 69.7 Å². The van der Waals surface area contributed by atoms with Crippen molar-refractivity contribution in [2.24, 2.45) is 0 Å².